The van der Waals surface area contributed by atoms with Crippen LogP contribution in [0.3, 0.4) is 0 Å². The molecule has 0 saturated heterocycles. The van der Waals surface area contributed by atoms with Crippen molar-refractivity contribution in [3.63, 3.8) is 0 Å². The fraction of sp³-hybridized carbons (Fsp3) is 0.238. The van der Waals surface area contributed by atoms with Crippen LogP contribution in [0.5, 0.6) is 0 Å². The maximum Gasteiger partial charge on any atom is 0.178 e. The van der Waals surface area contributed by atoms with Gasteiger partial charge in [-0.2, -0.15) is 0 Å². The molecule has 0 aromatic carbocycles. The monoisotopic (exact) mass is 331 g/mol. The summed E-state index contributed by atoms with van der Waals surface area (Å²) < 4.78 is 0. The Hall–Kier alpha value is -2.88. The summed E-state index contributed by atoms with van der Waals surface area (Å²) in [6, 6.07) is 17.6. The molecule has 0 unspecified atom stereocenters. The number of hydrogen-bond donors (Lipinski definition) is 0. The van der Waals surface area contributed by atoms with Gasteiger partial charge in [0.2, 0.25) is 0 Å². The van der Waals surface area contributed by atoms with Gasteiger partial charge in [0.25, 0.3) is 0 Å². The number of ketones is 1. The number of pyridine rings is 3. The van der Waals surface area contributed by atoms with Crippen molar-refractivity contribution < 1.29 is 4.79 Å². The normalized spacial score (nSPS) is 10.6. The number of carbonyl (C=O) groups is 1. The zero-order valence-corrected chi connectivity index (χ0v) is 14.6. The van der Waals surface area contributed by atoms with E-state index in [-0.39, 0.29) is 5.78 Å². The van der Waals surface area contributed by atoms with E-state index in [1.54, 1.807) is 13.0 Å². The smallest absolute Gasteiger partial charge is 0.178 e. The minimum absolute atomic E-state index is 0.00173. The molecule has 3 heterocycles. The Morgan fingerprint density at radius 2 is 1.40 bits per heavy atom. The molecule has 0 amide bonds. The van der Waals surface area contributed by atoms with E-state index in [1.807, 2.05) is 55.5 Å². The molecule has 0 spiro atoms. The lowest BCUT2D eigenvalue weighted by molar-refractivity contribution is 0.101. The van der Waals surface area contributed by atoms with Gasteiger partial charge in [0.05, 0.1) is 11.4 Å². The van der Waals surface area contributed by atoms with E-state index in [0.29, 0.717) is 5.69 Å². The van der Waals surface area contributed by atoms with Gasteiger partial charge in [0.1, 0.15) is 5.69 Å². The third-order valence-electron chi connectivity index (χ3n) is 3.99. The molecule has 0 bridgehead atoms. The molecule has 3 aromatic heterocycles. The Morgan fingerprint density at radius 1 is 0.800 bits per heavy atom. The molecule has 0 aliphatic heterocycles. The van der Waals surface area contributed by atoms with Crippen LogP contribution in [0.1, 0.15) is 40.9 Å². The van der Waals surface area contributed by atoms with Crippen LogP contribution >= 0.6 is 0 Å². The number of hydrogen-bond acceptors (Lipinski definition) is 4. The summed E-state index contributed by atoms with van der Waals surface area (Å²) >= 11 is 0. The topological polar surface area (TPSA) is 55.7 Å². The Balaban J connectivity index is 1.65. The highest BCUT2D eigenvalue weighted by atomic mass is 16.1. The molecule has 25 heavy (non-hydrogen) atoms. The molecule has 4 heteroatoms. The van der Waals surface area contributed by atoms with Gasteiger partial charge in [-0.3, -0.25) is 14.8 Å². The summed E-state index contributed by atoms with van der Waals surface area (Å²) in [7, 11) is 0. The SMILES string of the molecule is CC(=O)c1cccc(CCCc2cccc(-c3cccc(C)n3)n2)n1. The van der Waals surface area contributed by atoms with Crippen LogP contribution < -0.4 is 0 Å². The van der Waals surface area contributed by atoms with Crippen LogP contribution in [0.25, 0.3) is 11.4 Å². The maximum absolute atomic E-state index is 11.4. The predicted molar refractivity (Wildman–Crippen MR) is 98.5 cm³/mol. The molecule has 4 nitrogen and oxygen atoms in total. The number of nitrogens with zero attached hydrogens (tertiary/aromatic N) is 3. The van der Waals surface area contributed by atoms with Crippen LogP contribution in [0.2, 0.25) is 0 Å². The van der Waals surface area contributed by atoms with Gasteiger partial charge in [-0.25, -0.2) is 4.98 Å². The lowest BCUT2D eigenvalue weighted by Crippen LogP contribution is -2.01. The van der Waals surface area contributed by atoms with Crippen molar-refractivity contribution in [1.29, 1.82) is 0 Å². The van der Waals surface area contributed by atoms with Gasteiger partial charge in [0, 0.05) is 24.0 Å². The molecule has 0 radical (unpaired) electrons. The van der Waals surface area contributed by atoms with Crippen molar-refractivity contribution in [2.45, 2.75) is 33.1 Å². The summed E-state index contributed by atoms with van der Waals surface area (Å²) in [5, 5.41) is 0. The number of aromatic nitrogens is 3. The van der Waals surface area contributed by atoms with E-state index < -0.39 is 0 Å². The number of rotatable bonds is 6. The van der Waals surface area contributed by atoms with E-state index in [1.165, 1.54) is 0 Å². The molecule has 126 valence electrons. The Labute approximate surface area is 148 Å². The van der Waals surface area contributed by atoms with E-state index in [9.17, 15) is 4.79 Å². The fourth-order valence-electron chi connectivity index (χ4n) is 2.71. The third kappa shape index (κ3) is 4.57. The lowest BCUT2D eigenvalue weighted by Gasteiger charge is -2.06. The molecular weight excluding hydrogens is 310 g/mol. The summed E-state index contributed by atoms with van der Waals surface area (Å²) in [6.45, 7) is 3.52. The largest absolute Gasteiger partial charge is 0.293 e. The Kier molecular flexibility index (Phi) is 5.29. The third-order valence-corrected chi connectivity index (χ3v) is 3.99. The molecule has 0 aliphatic carbocycles. The molecule has 3 rings (SSSR count). The number of aryl methyl sites for hydroxylation is 3. The Bertz CT molecular complexity index is 890. The van der Waals surface area contributed by atoms with Crippen molar-refractivity contribution in [2.75, 3.05) is 0 Å². The lowest BCUT2D eigenvalue weighted by atomic mass is 10.1. The number of Topliss-reactive ketones (excluding diaryl/α,β-unsaturated/α-hetero) is 1. The van der Waals surface area contributed by atoms with E-state index >= 15 is 0 Å². The molecule has 0 aliphatic rings. The van der Waals surface area contributed by atoms with E-state index in [4.69, 9.17) is 4.98 Å². The van der Waals surface area contributed by atoms with Crippen LogP contribution in [0.15, 0.2) is 54.6 Å². The summed E-state index contributed by atoms with van der Waals surface area (Å²) in [5.41, 5.74) is 5.31. The quantitative estimate of drug-likeness (QED) is 0.634. The molecule has 0 N–H and O–H groups in total. The summed E-state index contributed by atoms with van der Waals surface area (Å²) in [5.74, 6) is 0.00173. The van der Waals surface area contributed by atoms with Crippen LogP contribution in [-0.2, 0) is 12.8 Å². The van der Waals surface area contributed by atoms with Gasteiger partial charge in [-0.05, 0) is 62.6 Å². The van der Waals surface area contributed by atoms with Gasteiger partial charge in [-0.1, -0.05) is 18.2 Å². The molecule has 0 atom stereocenters. The van der Waals surface area contributed by atoms with Crippen molar-refractivity contribution in [2.24, 2.45) is 0 Å². The first-order chi connectivity index (χ1) is 12.1. The first-order valence-corrected chi connectivity index (χ1v) is 8.48. The van der Waals surface area contributed by atoms with Gasteiger partial charge < -0.3 is 0 Å². The van der Waals surface area contributed by atoms with Crippen molar-refractivity contribution in [3.05, 3.63) is 77.4 Å². The molecule has 0 saturated carbocycles. The summed E-state index contributed by atoms with van der Waals surface area (Å²) in [6.07, 6.45) is 2.63. The molecular formula is C21H21N3O. The molecule has 3 aromatic rings. The van der Waals surface area contributed by atoms with Crippen LogP contribution in [0.4, 0.5) is 0 Å². The first kappa shape index (κ1) is 17.0. The van der Waals surface area contributed by atoms with Gasteiger partial charge in [-0.15, -0.1) is 0 Å². The fourth-order valence-corrected chi connectivity index (χ4v) is 2.71. The highest BCUT2D eigenvalue weighted by Gasteiger charge is 2.05. The second-order valence-electron chi connectivity index (χ2n) is 6.10. The van der Waals surface area contributed by atoms with Crippen molar-refractivity contribution in [1.82, 2.24) is 15.0 Å². The maximum atomic E-state index is 11.4. The standard InChI is InChI=1S/C21H21N3O/c1-15-7-3-13-20(22-15)21-14-6-11-18(24-21)9-4-8-17-10-5-12-19(23-17)16(2)25/h3,5-7,10-14H,4,8-9H2,1-2H3. The van der Waals surface area contributed by atoms with Crippen LogP contribution in [0, 0.1) is 6.92 Å². The number of carbonyl (C=O) groups excluding carboxylic acids is 1. The van der Waals surface area contributed by atoms with E-state index in [2.05, 4.69) is 9.97 Å². The summed E-state index contributed by atoms with van der Waals surface area (Å²) in [4.78, 5) is 25.1. The minimum atomic E-state index is 0.00173. The zero-order chi connectivity index (χ0) is 17.6. The van der Waals surface area contributed by atoms with Crippen molar-refractivity contribution in [3.8, 4) is 11.4 Å². The average molecular weight is 331 g/mol. The van der Waals surface area contributed by atoms with Crippen LogP contribution in [-0.4, -0.2) is 20.7 Å². The highest BCUT2D eigenvalue weighted by molar-refractivity contribution is 5.92. The highest BCUT2D eigenvalue weighted by Crippen LogP contribution is 2.16. The predicted octanol–water partition coefficient (Wildman–Crippen LogP) is 4.22. The second kappa shape index (κ2) is 7.79. The van der Waals surface area contributed by atoms with Gasteiger partial charge in [0.15, 0.2) is 5.78 Å². The average Bonchev–Trinajstić information content (AvgIpc) is 2.62. The first-order valence-electron chi connectivity index (χ1n) is 8.48. The van der Waals surface area contributed by atoms with E-state index in [0.717, 1.165) is 47.7 Å². The zero-order valence-electron chi connectivity index (χ0n) is 14.6. The molecule has 0 fully saturated rings. The minimum Gasteiger partial charge on any atom is -0.293 e. The van der Waals surface area contributed by atoms with Crippen molar-refractivity contribution >= 4 is 5.78 Å². The van der Waals surface area contributed by atoms with Gasteiger partial charge >= 0.3 is 0 Å². The Morgan fingerprint density at radius 3 is 2.08 bits per heavy atom. The second-order valence-corrected chi connectivity index (χ2v) is 6.10.